The second-order valence-electron chi connectivity index (χ2n) is 7.96. The van der Waals surface area contributed by atoms with Crippen molar-refractivity contribution in [1.82, 2.24) is 4.90 Å². The third-order valence-electron chi connectivity index (χ3n) is 6.08. The number of carboxylic acid groups (broad SMARTS) is 1. The summed E-state index contributed by atoms with van der Waals surface area (Å²) in [6, 6.07) is 13.6. The summed E-state index contributed by atoms with van der Waals surface area (Å²) >= 11 is 1.38. The van der Waals surface area contributed by atoms with E-state index in [-0.39, 0.29) is 24.7 Å². The quantitative estimate of drug-likeness (QED) is 0.727. The molecule has 2 aliphatic rings. The Balaban J connectivity index is 1.74. The predicted octanol–water partition coefficient (Wildman–Crippen LogP) is 4.47. The number of methoxy groups -OCH3 is 1. The SMILES string of the molecule is COc1ccc(CN(C(=O)O)C2=N[C@@]3(c4ccccc4F)C[C@H](O)CC[C@H]3CS2)cc1. The topological polar surface area (TPSA) is 82.4 Å². The number of aliphatic hydroxyl groups is 1. The number of fused-ring (bicyclic) bond motifs is 1. The van der Waals surface area contributed by atoms with Crippen LogP contribution in [0.1, 0.15) is 30.4 Å². The number of amides is 1. The average molecular weight is 445 g/mol. The molecule has 0 radical (unpaired) electrons. The van der Waals surface area contributed by atoms with Gasteiger partial charge in [-0.15, -0.1) is 0 Å². The molecule has 1 fully saturated rings. The molecule has 1 heterocycles. The molecule has 1 amide bonds. The highest BCUT2D eigenvalue weighted by atomic mass is 32.2. The van der Waals surface area contributed by atoms with E-state index in [1.165, 1.54) is 22.7 Å². The van der Waals surface area contributed by atoms with E-state index in [4.69, 9.17) is 9.73 Å². The molecule has 2 aromatic carbocycles. The first-order valence-corrected chi connectivity index (χ1v) is 11.2. The number of hydrogen-bond acceptors (Lipinski definition) is 5. The van der Waals surface area contributed by atoms with E-state index in [1.807, 2.05) is 12.1 Å². The smallest absolute Gasteiger partial charge is 0.413 e. The van der Waals surface area contributed by atoms with Gasteiger partial charge in [0.25, 0.3) is 0 Å². The number of aliphatic hydroxyl groups excluding tert-OH is 1. The highest BCUT2D eigenvalue weighted by Crippen LogP contribution is 2.50. The average Bonchev–Trinajstić information content (AvgIpc) is 2.77. The zero-order valence-electron chi connectivity index (χ0n) is 17.2. The number of ether oxygens (including phenoxy) is 1. The van der Waals surface area contributed by atoms with Crippen molar-refractivity contribution < 1.29 is 24.1 Å². The lowest BCUT2D eigenvalue weighted by atomic mass is 9.68. The van der Waals surface area contributed by atoms with Gasteiger partial charge in [-0.3, -0.25) is 4.90 Å². The molecule has 0 spiro atoms. The van der Waals surface area contributed by atoms with Gasteiger partial charge in [-0.05, 0) is 42.5 Å². The van der Waals surface area contributed by atoms with Gasteiger partial charge in [0.2, 0.25) is 0 Å². The molecule has 3 atom stereocenters. The number of halogens is 1. The van der Waals surface area contributed by atoms with Crippen molar-refractivity contribution in [1.29, 1.82) is 0 Å². The van der Waals surface area contributed by atoms with E-state index in [9.17, 15) is 19.4 Å². The van der Waals surface area contributed by atoms with Gasteiger partial charge in [0, 0.05) is 17.7 Å². The van der Waals surface area contributed by atoms with Crippen LogP contribution in [-0.2, 0) is 12.1 Å². The summed E-state index contributed by atoms with van der Waals surface area (Å²) in [6.07, 6.45) is -0.103. The summed E-state index contributed by atoms with van der Waals surface area (Å²) in [5, 5.41) is 20.7. The fourth-order valence-corrected chi connectivity index (χ4v) is 5.79. The molecule has 1 saturated carbocycles. The van der Waals surface area contributed by atoms with Crippen LogP contribution in [0.2, 0.25) is 0 Å². The van der Waals surface area contributed by atoms with Crippen LogP contribution >= 0.6 is 11.8 Å². The van der Waals surface area contributed by atoms with Crippen molar-refractivity contribution in [2.24, 2.45) is 10.9 Å². The van der Waals surface area contributed by atoms with E-state index < -0.39 is 17.7 Å². The number of carbonyl (C=O) groups is 1. The molecule has 0 unspecified atom stereocenters. The van der Waals surface area contributed by atoms with Crippen LogP contribution in [0.4, 0.5) is 9.18 Å². The molecule has 1 aliphatic heterocycles. The molecular formula is C23H25FN2O4S. The van der Waals surface area contributed by atoms with Gasteiger partial charge in [0.1, 0.15) is 11.6 Å². The van der Waals surface area contributed by atoms with Crippen LogP contribution < -0.4 is 4.74 Å². The van der Waals surface area contributed by atoms with Gasteiger partial charge < -0.3 is 14.9 Å². The second-order valence-corrected chi connectivity index (χ2v) is 8.95. The zero-order chi connectivity index (χ0) is 22.0. The lowest BCUT2D eigenvalue weighted by Crippen LogP contribution is -2.48. The Morgan fingerprint density at radius 3 is 2.68 bits per heavy atom. The molecule has 2 aromatic rings. The summed E-state index contributed by atoms with van der Waals surface area (Å²) in [4.78, 5) is 18.2. The maximum absolute atomic E-state index is 14.9. The first kappa shape index (κ1) is 21.6. The second kappa shape index (κ2) is 8.88. The molecule has 4 rings (SSSR count). The Morgan fingerprint density at radius 2 is 2.00 bits per heavy atom. The van der Waals surface area contributed by atoms with Crippen LogP contribution in [0, 0.1) is 11.7 Å². The lowest BCUT2D eigenvalue weighted by Gasteiger charge is -2.46. The molecule has 164 valence electrons. The number of benzene rings is 2. The Morgan fingerprint density at radius 1 is 1.26 bits per heavy atom. The predicted molar refractivity (Wildman–Crippen MR) is 118 cm³/mol. The van der Waals surface area contributed by atoms with Gasteiger partial charge in [0.15, 0.2) is 5.17 Å². The highest BCUT2D eigenvalue weighted by molar-refractivity contribution is 8.13. The summed E-state index contributed by atoms with van der Waals surface area (Å²) in [5.41, 5.74) is 0.237. The Labute approximate surface area is 184 Å². The molecule has 31 heavy (non-hydrogen) atoms. The summed E-state index contributed by atoms with van der Waals surface area (Å²) < 4.78 is 20.0. The van der Waals surface area contributed by atoms with Gasteiger partial charge in [-0.1, -0.05) is 42.1 Å². The molecule has 0 aromatic heterocycles. The van der Waals surface area contributed by atoms with Crippen LogP contribution in [0.3, 0.4) is 0 Å². The third kappa shape index (κ3) is 4.27. The molecule has 2 N–H and O–H groups in total. The maximum Gasteiger partial charge on any atom is 0.413 e. The minimum atomic E-state index is -1.12. The van der Waals surface area contributed by atoms with Gasteiger partial charge in [-0.2, -0.15) is 0 Å². The number of amidine groups is 1. The zero-order valence-corrected chi connectivity index (χ0v) is 18.0. The first-order valence-electron chi connectivity index (χ1n) is 10.2. The van der Waals surface area contributed by atoms with E-state index in [0.717, 1.165) is 5.56 Å². The molecule has 1 aliphatic carbocycles. The van der Waals surface area contributed by atoms with Gasteiger partial charge in [0.05, 0.1) is 25.3 Å². The van der Waals surface area contributed by atoms with Crippen molar-refractivity contribution in [2.75, 3.05) is 12.9 Å². The van der Waals surface area contributed by atoms with Gasteiger partial charge >= 0.3 is 6.09 Å². The van der Waals surface area contributed by atoms with E-state index in [1.54, 1.807) is 37.4 Å². The Hall–Kier alpha value is -2.58. The summed E-state index contributed by atoms with van der Waals surface area (Å²) in [5.74, 6) is 0.950. The number of hydrogen-bond donors (Lipinski definition) is 2. The van der Waals surface area contributed by atoms with Crippen molar-refractivity contribution in [2.45, 2.75) is 37.5 Å². The lowest BCUT2D eigenvalue weighted by molar-refractivity contribution is 0.0553. The van der Waals surface area contributed by atoms with Crippen molar-refractivity contribution in [3.63, 3.8) is 0 Å². The van der Waals surface area contributed by atoms with Crippen LogP contribution in [0.5, 0.6) is 5.75 Å². The van der Waals surface area contributed by atoms with E-state index in [2.05, 4.69) is 0 Å². The fraction of sp³-hybridized carbons (Fsp3) is 0.391. The van der Waals surface area contributed by atoms with Crippen LogP contribution in [0.25, 0.3) is 0 Å². The standard InChI is InChI=1S/C23H25FN2O4S/c1-30-18-10-6-15(7-11-18)13-26(22(28)29)21-25-23(19-4-2-3-5-20(19)24)12-17(27)9-8-16(23)14-31-21/h2-7,10-11,16-17,27H,8-9,12-14H2,1H3,(H,28,29)/t16-,17+,23-/m0/s1. The minimum absolute atomic E-state index is 0.0261. The largest absolute Gasteiger partial charge is 0.497 e. The third-order valence-corrected chi connectivity index (χ3v) is 7.22. The normalized spacial score (nSPS) is 25.3. The van der Waals surface area contributed by atoms with Gasteiger partial charge in [-0.25, -0.2) is 14.2 Å². The molecule has 0 bridgehead atoms. The Bertz CT molecular complexity index is 984. The van der Waals surface area contributed by atoms with Crippen LogP contribution in [-0.4, -0.2) is 45.3 Å². The summed E-state index contributed by atoms with van der Waals surface area (Å²) in [7, 11) is 1.57. The number of nitrogens with zero attached hydrogens (tertiary/aromatic N) is 2. The van der Waals surface area contributed by atoms with Crippen molar-refractivity contribution in [3.05, 3.63) is 65.5 Å². The number of thioether (sulfide) groups is 1. The Kier molecular flexibility index (Phi) is 6.20. The fourth-order valence-electron chi connectivity index (χ4n) is 4.47. The monoisotopic (exact) mass is 444 g/mol. The summed E-state index contributed by atoms with van der Waals surface area (Å²) in [6.45, 7) is 0.117. The maximum atomic E-state index is 14.9. The molecule has 8 heteroatoms. The molecular weight excluding hydrogens is 419 g/mol. The first-order chi connectivity index (χ1) is 14.9. The van der Waals surface area contributed by atoms with Crippen molar-refractivity contribution >= 4 is 23.0 Å². The van der Waals surface area contributed by atoms with E-state index in [0.29, 0.717) is 35.1 Å². The van der Waals surface area contributed by atoms with E-state index >= 15 is 0 Å². The molecule has 0 saturated heterocycles. The number of rotatable bonds is 4. The number of aliphatic imine (C=N–C) groups is 1. The van der Waals surface area contributed by atoms with Crippen molar-refractivity contribution in [3.8, 4) is 5.75 Å². The molecule has 6 nitrogen and oxygen atoms in total. The minimum Gasteiger partial charge on any atom is -0.497 e. The van der Waals surface area contributed by atoms with Crippen LogP contribution in [0.15, 0.2) is 53.5 Å². The highest BCUT2D eigenvalue weighted by Gasteiger charge is 2.49.